The second kappa shape index (κ2) is 4.32. The molecule has 0 amide bonds. The van der Waals surface area contributed by atoms with Gasteiger partial charge in [0, 0.05) is 39.1 Å². The molecule has 1 N–H and O–H groups in total. The fourth-order valence-electron chi connectivity index (χ4n) is 1.59. The van der Waals surface area contributed by atoms with Crippen LogP contribution in [0.15, 0.2) is 30.6 Å². The topological polar surface area (TPSA) is 32.9 Å². The third-order valence-corrected chi connectivity index (χ3v) is 2.89. The maximum atomic E-state index is 11.4. The van der Waals surface area contributed by atoms with Crippen LogP contribution in [0.5, 0.6) is 0 Å². The fourth-order valence-corrected chi connectivity index (χ4v) is 2.10. The first-order chi connectivity index (χ1) is 7.59. The fraction of sp³-hybridized carbons (Fsp3) is 0.0833. The number of halogens is 2. The minimum Gasteiger partial charge on any atom is -0.366 e. The zero-order chi connectivity index (χ0) is 11.7. The Morgan fingerprint density at radius 1 is 1.19 bits per heavy atom. The van der Waals surface area contributed by atoms with Gasteiger partial charge in [-0.15, -0.1) is 0 Å². The molecule has 0 aliphatic carbocycles. The standard InChI is InChI=1S/C12H9Cl2NO/c1-7(16)10-5-15-6-11(10)9-3-2-8(13)4-12(9)14/h2-6,15H,1H3. The Labute approximate surface area is 103 Å². The van der Waals surface area contributed by atoms with Crippen LogP contribution in [0, 0.1) is 0 Å². The molecule has 0 unspecified atom stereocenters. The molecule has 16 heavy (non-hydrogen) atoms. The van der Waals surface area contributed by atoms with E-state index in [0.29, 0.717) is 15.6 Å². The van der Waals surface area contributed by atoms with Gasteiger partial charge in [0.15, 0.2) is 5.78 Å². The number of aromatic amines is 1. The lowest BCUT2D eigenvalue weighted by molar-refractivity contribution is 0.101. The zero-order valence-corrected chi connectivity index (χ0v) is 10.1. The second-order valence-corrected chi connectivity index (χ2v) is 4.31. The zero-order valence-electron chi connectivity index (χ0n) is 8.55. The summed E-state index contributed by atoms with van der Waals surface area (Å²) in [6.07, 6.45) is 3.43. The second-order valence-electron chi connectivity index (χ2n) is 3.46. The Hall–Kier alpha value is -1.25. The van der Waals surface area contributed by atoms with Gasteiger partial charge >= 0.3 is 0 Å². The molecule has 0 aliphatic rings. The lowest BCUT2D eigenvalue weighted by Crippen LogP contribution is -1.92. The summed E-state index contributed by atoms with van der Waals surface area (Å²) >= 11 is 11.9. The molecule has 0 saturated carbocycles. The third-order valence-electron chi connectivity index (χ3n) is 2.35. The van der Waals surface area contributed by atoms with Gasteiger partial charge in [-0.05, 0) is 19.1 Å². The molecule has 2 rings (SSSR count). The number of hydrogen-bond acceptors (Lipinski definition) is 1. The number of carbonyl (C=O) groups excluding carboxylic acids is 1. The van der Waals surface area contributed by atoms with Gasteiger partial charge in [-0.25, -0.2) is 0 Å². The van der Waals surface area contributed by atoms with E-state index in [4.69, 9.17) is 23.2 Å². The van der Waals surface area contributed by atoms with Crippen molar-refractivity contribution in [3.63, 3.8) is 0 Å². The van der Waals surface area contributed by atoms with Gasteiger partial charge in [0.05, 0.1) is 0 Å². The highest BCUT2D eigenvalue weighted by atomic mass is 35.5. The number of rotatable bonds is 2. The van der Waals surface area contributed by atoms with E-state index in [2.05, 4.69) is 4.98 Å². The van der Waals surface area contributed by atoms with E-state index >= 15 is 0 Å². The number of Topliss-reactive ketones (excluding diaryl/α,β-unsaturated/α-hetero) is 1. The van der Waals surface area contributed by atoms with E-state index in [1.807, 2.05) is 0 Å². The smallest absolute Gasteiger partial charge is 0.161 e. The molecule has 1 aromatic carbocycles. The van der Waals surface area contributed by atoms with Gasteiger partial charge in [0.1, 0.15) is 0 Å². The van der Waals surface area contributed by atoms with Crippen LogP contribution in [0.1, 0.15) is 17.3 Å². The van der Waals surface area contributed by atoms with Gasteiger partial charge in [0.2, 0.25) is 0 Å². The van der Waals surface area contributed by atoms with Crippen molar-refractivity contribution in [3.8, 4) is 11.1 Å². The van der Waals surface area contributed by atoms with E-state index in [0.717, 1.165) is 11.1 Å². The predicted octanol–water partition coefficient (Wildman–Crippen LogP) is 4.19. The molecule has 0 bridgehead atoms. The Bertz CT molecular complexity index is 546. The summed E-state index contributed by atoms with van der Waals surface area (Å²) in [5.41, 5.74) is 2.23. The quantitative estimate of drug-likeness (QED) is 0.800. The molecule has 0 spiro atoms. The van der Waals surface area contributed by atoms with Crippen molar-refractivity contribution in [1.82, 2.24) is 4.98 Å². The average molecular weight is 254 g/mol. The Kier molecular flexibility index (Phi) is 3.03. The van der Waals surface area contributed by atoms with E-state index in [9.17, 15) is 4.79 Å². The predicted molar refractivity (Wildman–Crippen MR) is 66.3 cm³/mol. The molecule has 0 saturated heterocycles. The molecular weight excluding hydrogens is 245 g/mol. The molecule has 4 heteroatoms. The van der Waals surface area contributed by atoms with Crippen LogP contribution in [-0.2, 0) is 0 Å². The summed E-state index contributed by atoms with van der Waals surface area (Å²) < 4.78 is 0. The summed E-state index contributed by atoms with van der Waals surface area (Å²) in [7, 11) is 0. The highest BCUT2D eigenvalue weighted by Crippen LogP contribution is 2.32. The van der Waals surface area contributed by atoms with Crippen molar-refractivity contribution < 1.29 is 4.79 Å². The molecule has 0 fully saturated rings. The van der Waals surface area contributed by atoms with Crippen molar-refractivity contribution in [2.45, 2.75) is 6.92 Å². The molecular formula is C12H9Cl2NO. The lowest BCUT2D eigenvalue weighted by Gasteiger charge is -2.04. The van der Waals surface area contributed by atoms with Crippen LogP contribution in [0.4, 0.5) is 0 Å². The Morgan fingerprint density at radius 2 is 1.94 bits per heavy atom. The first-order valence-electron chi connectivity index (χ1n) is 4.72. The van der Waals surface area contributed by atoms with Gasteiger partial charge in [-0.2, -0.15) is 0 Å². The minimum absolute atomic E-state index is 0.00210. The molecule has 0 aliphatic heterocycles. The van der Waals surface area contributed by atoms with Gasteiger partial charge < -0.3 is 4.98 Å². The molecule has 0 radical (unpaired) electrons. The van der Waals surface area contributed by atoms with Crippen molar-refractivity contribution in [2.75, 3.05) is 0 Å². The first-order valence-corrected chi connectivity index (χ1v) is 5.48. The van der Waals surface area contributed by atoms with Crippen LogP contribution in [0.2, 0.25) is 10.0 Å². The molecule has 1 heterocycles. The average Bonchev–Trinajstić information content (AvgIpc) is 2.66. The van der Waals surface area contributed by atoms with Crippen molar-refractivity contribution >= 4 is 29.0 Å². The summed E-state index contributed by atoms with van der Waals surface area (Å²) in [5, 5.41) is 1.11. The van der Waals surface area contributed by atoms with Gasteiger partial charge in [-0.1, -0.05) is 29.3 Å². The summed E-state index contributed by atoms with van der Waals surface area (Å²) in [6.45, 7) is 1.52. The van der Waals surface area contributed by atoms with Gasteiger partial charge in [-0.3, -0.25) is 4.79 Å². The SMILES string of the molecule is CC(=O)c1c[nH]cc1-c1ccc(Cl)cc1Cl. The summed E-state index contributed by atoms with van der Waals surface area (Å²) in [6, 6.07) is 5.22. The molecule has 1 aromatic heterocycles. The number of benzene rings is 1. The normalized spacial score (nSPS) is 10.4. The van der Waals surface area contributed by atoms with Crippen LogP contribution in [0.25, 0.3) is 11.1 Å². The summed E-state index contributed by atoms with van der Waals surface area (Å²) in [5.74, 6) is 0.00210. The monoisotopic (exact) mass is 253 g/mol. The van der Waals surface area contributed by atoms with E-state index < -0.39 is 0 Å². The number of aromatic nitrogens is 1. The maximum Gasteiger partial charge on any atom is 0.161 e. The van der Waals surface area contributed by atoms with Crippen molar-refractivity contribution in [2.24, 2.45) is 0 Å². The Balaban J connectivity index is 2.59. The Morgan fingerprint density at radius 3 is 2.56 bits per heavy atom. The first kappa shape index (κ1) is 11.2. The molecule has 0 atom stereocenters. The number of carbonyl (C=O) groups is 1. The summed E-state index contributed by atoms with van der Waals surface area (Å²) in [4.78, 5) is 14.3. The highest BCUT2D eigenvalue weighted by Gasteiger charge is 2.12. The third kappa shape index (κ3) is 1.99. The number of hydrogen-bond donors (Lipinski definition) is 1. The van der Waals surface area contributed by atoms with Crippen LogP contribution in [-0.4, -0.2) is 10.8 Å². The van der Waals surface area contributed by atoms with E-state index in [1.54, 1.807) is 30.6 Å². The molecule has 2 aromatic rings. The van der Waals surface area contributed by atoms with Crippen molar-refractivity contribution in [3.05, 3.63) is 46.2 Å². The molecule has 82 valence electrons. The van der Waals surface area contributed by atoms with Gasteiger partial charge in [0.25, 0.3) is 0 Å². The van der Waals surface area contributed by atoms with Crippen molar-refractivity contribution in [1.29, 1.82) is 0 Å². The lowest BCUT2D eigenvalue weighted by atomic mass is 10.0. The van der Waals surface area contributed by atoms with Crippen LogP contribution < -0.4 is 0 Å². The van der Waals surface area contributed by atoms with E-state index in [1.165, 1.54) is 6.92 Å². The highest BCUT2D eigenvalue weighted by molar-refractivity contribution is 6.36. The van der Waals surface area contributed by atoms with Crippen LogP contribution >= 0.6 is 23.2 Å². The van der Waals surface area contributed by atoms with Crippen LogP contribution in [0.3, 0.4) is 0 Å². The number of ketones is 1. The molecule has 2 nitrogen and oxygen atoms in total. The largest absolute Gasteiger partial charge is 0.366 e. The number of nitrogens with one attached hydrogen (secondary N) is 1. The minimum atomic E-state index is 0.00210. The maximum absolute atomic E-state index is 11.4. The van der Waals surface area contributed by atoms with E-state index in [-0.39, 0.29) is 5.78 Å². The number of H-pyrrole nitrogens is 1.